The highest BCUT2D eigenvalue weighted by Crippen LogP contribution is 2.26. The Morgan fingerprint density at radius 2 is 1.82 bits per heavy atom. The highest BCUT2D eigenvalue weighted by Gasteiger charge is 2.09. The van der Waals surface area contributed by atoms with Crippen LogP contribution in [0.3, 0.4) is 0 Å². The molecule has 86 valence electrons. The van der Waals surface area contributed by atoms with Crippen molar-refractivity contribution >= 4 is 5.91 Å². The average molecular weight is 229 g/mol. The molecule has 0 radical (unpaired) electrons. The van der Waals surface area contributed by atoms with Crippen LogP contribution in [0.4, 0.5) is 4.39 Å². The van der Waals surface area contributed by atoms with Crippen molar-refractivity contribution in [3.63, 3.8) is 0 Å². The van der Waals surface area contributed by atoms with Crippen molar-refractivity contribution in [2.24, 2.45) is 5.73 Å². The van der Waals surface area contributed by atoms with Gasteiger partial charge in [0.2, 0.25) is 5.91 Å². The summed E-state index contributed by atoms with van der Waals surface area (Å²) in [6.45, 7) is 1.91. The van der Waals surface area contributed by atoms with Crippen LogP contribution in [0.25, 0.3) is 11.1 Å². The second kappa shape index (κ2) is 4.37. The van der Waals surface area contributed by atoms with Crippen molar-refractivity contribution in [3.05, 3.63) is 59.4 Å². The van der Waals surface area contributed by atoms with Crippen molar-refractivity contribution in [1.29, 1.82) is 0 Å². The molecule has 3 heteroatoms. The quantitative estimate of drug-likeness (QED) is 0.845. The number of primary amides is 1. The Labute approximate surface area is 98.9 Å². The Kier molecular flexibility index (Phi) is 2.91. The van der Waals surface area contributed by atoms with Crippen molar-refractivity contribution in [2.75, 3.05) is 0 Å². The summed E-state index contributed by atoms with van der Waals surface area (Å²) in [5.41, 5.74) is 7.56. The molecule has 0 unspecified atom stereocenters. The van der Waals surface area contributed by atoms with Crippen LogP contribution in [-0.4, -0.2) is 5.91 Å². The van der Waals surface area contributed by atoms with Gasteiger partial charge in [0, 0.05) is 11.1 Å². The van der Waals surface area contributed by atoms with Crippen LogP contribution in [0.5, 0.6) is 0 Å². The van der Waals surface area contributed by atoms with Crippen LogP contribution < -0.4 is 5.73 Å². The second-order valence-electron chi connectivity index (χ2n) is 3.87. The van der Waals surface area contributed by atoms with E-state index in [2.05, 4.69) is 0 Å². The highest BCUT2D eigenvalue weighted by atomic mass is 19.1. The van der Waals surface area contributed by atoms with Crippen LogP contribution >= 0.6 is 0 Å². The third-order valence-electron chi connectivity index (χ3n) is 2.69. The summed E-state index contributed by atoms with van der Waals surface area (Å²) in [6.07, 6.45) is 0. The summed E-state index contributed by atoms with van der Waals surface area (Å²) in [5.74, 6) is -1.06. The molecular formula is C14H12FNO. The van der Waals surface area contributed by atoms with Gasteiger partial charge in [0.05, 0.1) is 0 Å². The topological polar surface area (TPSA) is 43.1 Å². The van der Waals surface area contributed by atoms with Crippen LogP contribution in [0, 0.1) is 12.7 Å². The van der Waals surface area contributed by atoms with Crippen LogP contribution in [0.15, 0.2) is 42.5 Å². The van der Waals surface area contributed by atoms with Gasteiger partial charge in [0.25, 0.3) is 0 Å². The van der Waals surface area contributed by atoms with E-state index in [1.54, 1.807) is 6.07 Å². The van der Waals surface area contributed by atoms with Crippen molar-refractivity contribution < 1.29 is 9.18 Å². The summed E-state index contributed by atoms with van der Waals surface area (Å²) in [4.78, 5) is 10.9. The van der Waals surface area contributed by atoms with E-state index in [9.17, 15) is 9.18 Å². The molecule has 17 heavy (non-hydrogen) atoms. The predicted molar refractivity (Wildman–Crippen MR) is 65.1 cm³/mol. The number of amides is 1. The summed E-state index contributed by atoms with van der Waals surface area (Å²) in [5, 5.41) is 0. The molecule has 0 heterocycles. The molecule has 0 aliphatic rings. The number of hydrogen-bond acceptors (Lipinski definition) is 1. The fraction of sp³-hybridized carbons (Fsp3) is 0.0714. The fourth-order valence-corrected chi connectivity index (χ4v) is 1.76. The Bertz CT molecular complexity index is 578. The zero-order chi connectivity index (χ0) is 12.4. The van der Waals surface area contributed by atoms with Gasteiger partial charge in [-0.05, 0) is 30.2 Å². The molecule has 0 bridgehead atoms. The monoisotopic (exact) mass is 229 g/mol. The number of hydrogen-bond donors (Lipinski definition) is 1. The van der Waals surface area contributed by atoms with Crippen molar-refractivity contribution in [2.45, 2.75) is 6.92 Å². The standard InChI is InChI=1S/C14H12FNO/c1-9-4-2-3-5-11(9)12-7-6-10(14(16)17)8-13(12)15/h2-8H,1H3,(H2,16,17). The molecule has 0 saturated heterocycles. The highest BCUT2D eigenvalue weighted by molar-refractivity contribution is 5.93. The first-order valence-corrected chi connectivity index (χ1v) is 5.25. The third kappa shape index (κ3) is 2.18. The van der Waals surface area contributed by atoms with Gasteiger partial charge in [-0.2, -0.15) is 0 Å². The van der Waals surface area contributed by atoms with Gasteiger partial charge in [0.1, 0.15) is 5.82 Å². The number of nitrogens with two attached hydrogens (primary N) is 1. The van der Waals surface area contributed by atoms with Gasteiger partial charge in [0.15, 0.2) is 0 Å². The van der Waals surface area contributed by atoms with E-state index in [1.165, 1.54) is 12.1 Å². The van der Waals surface area contributed by atoms with E-state index in [0.29, 0.717) is 5.56 Å². The van der Waals surface area contributed by atoms with Gasteiger partial charge in [-0.1, -0.05) is 30.3 Å². The summed E-state index contributed by atoms with van der Waals surface area (Å²) in [6, 6.07) is 11.8. The van der Waals surface area contributed by atoms with Gasteiger partial charge < -0.3 is 5.73 Å². The Hall–Kier alpha value is -2.16. The summed E-state index contributed by atoms with van der Waals surface area (Å²) >= 11 is 0. The molecule has 0 spiro atoms. The molecule has 0 atom stereocenters. The molecule has 0 fully saturated rings. The lowest BCUT2D eigenvalue weighted by atomic mass is 9.99. The normalized spacial score (nSPS) is 10.2. The SMILES string of the molecule is Cc1ccccc1-c1ccc(C(N)=O)cc1F. The molecule has 2 rings (SSSR count). The molecule has 2 aromatic carbocycles. The number of halogens is 1. The number of carbonyl (C=O) groups excluding carboxylic acids is 1. The van der Waals surface area contributed by atoms with Gasteiger partial charge in [-0.3, -0.25) is 4.79 Å². The van der Waals surface area contributed by atoms with Gasteiger partial charge >= 0.3 is 0 Å². The van der Waals surface area contributed by atoms with E-state index >= 15 is 0 Å². The average Bonchev–Trinajstić information content (AvgIpc) is 2.30. The third-order valence-corrected chi connectivity index (χ3v) is 2.69. The summed E-state index contributed by atoms with van der Waals surface area (Å²) < 4.78 is 13.9. The molecule has 2 aromatic rings. The van der Waals surface area contributed by atoms with Crippen LogP contribution in [-0.2, 0) is 0 Å². The maximum atomic E-state index is 13.9. The Balaban J connectivity index is 2.55. The number of carbonyl (C=O) groups is 1. The lowest BCUT2D eigenvalue weighted by Crippen LogP contribution is -2.11. The summed E-state index contributed by atoms with van der Waals surface area (Å²) in [7, 11) is 0. The Morgan fingerprint density at radius 1 is 1.12 bits per heavy atom. The fourth-order valence-electron chi connectivity index (χ4n) is 1.76. The van der Waals surface area contributed by atoms with E-state index < -0.39 is 11.7 Å². The molecule has 0 saturated carbocycles. The lowest BCUT2D eigenvalue weighted by Gasteiger charge is -2.07. The molecule has 1 amide bonds. The predicted octanol–water partition coefficient (Wildman–Crippen LogP) is 2.90. The first-order chi connectivity index (χ1) is 8.09. The molecule has 2 nitrogen and oxygen atoms in total. The van der Waals surface area contributed by atoms with Crippen LogP contribution in [0.1, 0.15) is 15.9 Å². The van der Waals surface area contributed by atoms with Gasteiger partial charge in [-0.15, -0.1) is 0 Å². The zero-order valence-electron chi connectivity index (χ0n) is 9.41. The smallest absolute Gasteiger partial charge is 0.248 e. The molecule has 0 aliphatic heterocycles. The minimum absolute atomic E-state index is 0.180. The minimum Gasteiger partial charge on any atom is -0.366 e. The Morgan fingerprint density at radius 3 is 2.41 bits per heavy atom. The lowest BCUT2D eigenvalue weighted by molar-refractivity contribution is 0.1000. The van der Waals surface area contributed by atoms with E-state index in [-0.39, 0.29) is 5.56 Å². The number of rotatable bonds is 2. The molecule has 0 aliphatic carbocycles. The second-order valence-corrected chi connectivity index (χ2v) is 3.87. The first-order valence-electron chi connectivity index (χ1n) is 5.25. The molecule has 2 N–H and O–H groups in total. The van der Waals surface area contributed by atoms with Crippen molar-refractivity contribution in [3.8, 4) is 11.1 Å². The largest absolute Gasteiger partial charge is 0.366 e. The van der Waals surface area contributed by atoms with E-state index in [0.717, 1.165) is 11.1 Å². The maximum Gasteiger partial charge on any atom is 0.248 e. The molecule has 0 aromatic heterocycles. The minimum atomic E-state index is -0.625. The van der Waals surface area contributed by atoms with Crippen LogP contribution in [0.2, 0.25) is 0 Å². The van der Waals surface area contributed by atoms with Gasteiger partial charge in [-0.25, -0.2) is 4.39 Å². The zero-order valence-corrected chi connectivity index (χ0v) is 9.41. The van der Waals surface area contributed by atoms with E-state index in [1.807, 2.05) is 31.2 Å². The number of benzene rings is 2. The van der Waals surface area contributed by atoms with Crippen molar-refractivity contribution in [1.82, 2.24) is 0 Å². The first kappa shape index (κ1) is 11.3. The number of aryl methyl sites for hydroxylation is 1. The van der Waals surface area contributed by atoms with E-state index in [4.69, 9.17) is 5.73 Å². The molecular weight excluding hydrogens is 217 g/mol. The maximum absolute atomic E-state index is 13.9.